The van der Waals surface area contributed by atoms with E-state index in [-0.39, 0.29) is 5.78 Å². The molecule has 0 radical (unpaired) electrons. The van der Waals surface area contributed by atoms with Gasteiger partial charge in [0.05, 0.1) is 6.54 Å². The van der Waals surface area contributed by atoms with Crippen molar-refractivity contribution in [3.63, 3.8) is 0 Å². The van der Waals surface area contributed by atoms with Crippen LogP contribution in [-0.4, -0.2) is 54.9 Å². The van der Waals surface area contributed by atoms with Crippen molar-refractivity contribution >= 4 is 5.78 Å². The zero-order chi connectivity index (χ0) is 14.5. The van der Waals surface area contributed by atoms with E-state index in [1.165, 1.54) is 5.56 Å². The number of nitrogens with zero attached hydrogens (tertiary/aromatic N) is 2. The topological polar surface area (TPSA) is 23.6 Å². The normalized spacial score (nSPS) is 21.1. The van der Waals surface area contributed by atoms with E-state index < -0.39 is 0 Å². The van der Waals surface area contributed by atoms with Crippen molar-refractivity contribution in [1.29, 1.82) is 0 Å². The van der Waals surface area contributed by atoms with E-state index in [0.717, 1.165) is 38.0 Å². The fraction of sp³-hybridized carbons (Fsp3) is 0.588. The molecule has 0 N–H and O–H groups in total. The van der Waals surface area contributed by atoms with Crippen LogP contribution < -0.4 is 0 Å². The first-order chi connectivity index (χ1) is 9.60. The summed E-state index contributed by atoms with van der Waals surface area (Å²) >= 11 is 0. The fourth-order valence-corrected chi connectivity index (χ4v) is 2.71. The van der Waals surface area contributed by atoms with Gasteiger partial charge in [0.1, 0.15) is 0 Å². The van der Waals surface area contributed by atoms with Gasteiger partial charge in [-0.15, -0.1) is 0 Å². The van der Waals surface area contributed by atoms with Crippen LogP contribution in [0.4, 0.5) is 0 Å². The van der Waals surface area contributed by atoms with Crippen molar-refractivity contribution in [3.8, 4) is 0 Å². The van der Waals surface area contributed by atoms with Gasteiger partial charge in [0.15, 0.2) is 5.78 Å². The lowest BCUT2D eigenvalue weighted by molar-refractivity contribution is 0.0786. The molecule has 3 nitrogen and oxygen atoms in total. The van der Waals surface area contributed by atoms with Crippen LogP contribution in [0.1, 0.15) is 36.2 Å². The lowest BCUT2D eigenvalue weighted by atomic mass is 10.0. The third-order valence-electron chi connectivity index (χ3n) is 4.23. The van der Waals surface area contributed by atoms with E-state index in [9.17, 15) is 4.79 Å². The minimum absolute atomic E-state index is 0.241. The Kier molecular flexibility index (Phi) is 5.32. The van der Waals surface area contributed by atoms with Gasteiger partial charge in [0, 0.05) is 31.2 Å². The first-order valence-corrected chi connectivity index (χ1v) is 7.65. The van der Waals surface area contributed by atoms with Crippen LogP contribution >= 0.6 is 0 Å². The number of Topliss-reactive ketones (excluding diaryl/α,β-unsaturated/α-hetero) is 1. The number of carbonyl (C=O) groups is 1. The number of rotatable bonds is 5. The van der Waals surface area contributed by atoms with Gasteiger partial charge in [-0.3, -0.25) is 9.69 Å². The molecule has 0 aromatic heterocycles. The molecule has 0 aliphatic carbocycles. The van der Waals surface area contributed by atoms with Gasteiger partial charge in [-0.1, -0.05) is 37.6 Å². The zero-order valence-electron chi connectivity index (χ0n) is 12.9. The Bertz CT molecular complexity index is 441. The average Bonchev–Trinajstić information content (AvgIpc) is 2.44. The third kappa shape index (κ3) is 3.90. The highest BCUT2D eigenvalue weighted by molar-refractivity contribution is 5.97. The summed E-state index contributed by atoms with van der Waals surface area (Å²) in [5.41, 5.74) is 2.16. The van der Waals surface area contributed by atoms with Gasteiger partial charge in [0.25, 0.3) is 0 Å². The van der Waals surface area contributed by atoms with Crippen LogP contribution in [-0.2, 0) is 6.42 Å². The fourth-order valence-electron chi connectivity index (χ4n) is 2.71. The molecule has 1 aromatic carbocycles. The van der Waals surface area contributed by atoms with E-state index in [0.29, 0.717) is 12.6 Å². The Balaban J connectivity index is 1.91. The molecule has 1 heterocycles. The number of aryl methyl sites for hydroxylation is 1. The van der Waals surface area contributed by atoms with Crippen LogP contribution in [0, 0.1) is 0 Å². The Hall–Kier alpha value is -1.19. The first kappa shape index (κ1) is 15.2. The Morgan fingerprint density at radius 2 is 1.95 bits per heavy atom. The predicted octanol–water partition coefficient (Wildman–Crippen LogP) is 2.46. The van der Waals surface area contributed by atoms with Crippen molar-refractivity contribution in [2.24, 2.45) is 0 Å². The van der Waals surface area contributed by atoms with E-state index in [4.69, 9.17) is 0 Å². The Morgan fingerprint density at radius 3 is 2.55 bits per heavy atom. The van der Waals surface area contributed by atoms with Crippen molar-refractivity contribution < 1.29 is 4.79 Å². The second-order valence-corrected chi connectivity index (χ2v) is 5.93. The number of ketones is 1. The molecule has 1 unspecified atom stereocenters. The summed E-state index contributed by atoms with van der Waals surface area (Å²) in [5, 5.41) is 0. The minimum atomic E-state index is 0.241. The molecule has 20 heavy (non-hydrogen) atoms. The summed E-state index contributed by atoms with van der Waals surface area (Å²) in [4.78, 5) is 16.9. The molecule has 1 saturated heterocycles. The second-order valence-electron chi connectivity index (χ2n) is 5.93. The minimum Gasteiger partial charge on any atom is -0.301 e. The summed E-state index contributed by atoms with van der Waals surface area (Å²) in [6, 6.07) is 8.66. The molecular formula is C17H26N2O. The van der Waals surface area contributed by atoms with E-state index in [1.807, 2.05) is 12.1 Å². The number of hydrogen-bond acceptors (Lipinski definition) is 3. The van der Waals surface area contributed by atoms with Gasteiger partial charge < -0.3 is 4.90 Å². The summed E-state index contributed by atoms with van der Waals surface area (Å²) < 4.78 is 0. The van der Waals surface area contributed by atoms with E-state index in [2.05, 4.69) is 42.8 Å². The van der Waals surface area contributed by atoms with Crippen LogP contribution in [0.5, 0.6) is 0 Å². The van der Waals surface area contributed by atoms with Crippen molar-refractivity contribution in [2.45, 2.75) is 32.7 Å². The molecule has 0 spiro atoms. The summed E-state index contributed by atoms with van der Waals surface area (Å²) in [5.74, 6) is 0.241. The highest BCUT2D eigenvalue weighted by Gasteiger charge is 2.22. The van der Waals surface area contributed by atoms with Crippen molar-refractivity contribution in [1.82, 2.24) is 9.80 Å². The molecule has 2 rings (SSSR count). The van der Waals surface area contributed by atoms with E-state index >= 15 is 0 Å². The summed E-state index contributed by atoms with van der Waals surface area (Å²) in [6.07, 6.45) is 2.23. The smallest absolute Gasteiger partial charge is 0.176 e. The lowest BCUT2D eigenvalue weighted by Gasteiger charge is -2.37. The second kappa shape index (κ2) is 7.00. The quantitative estimate of drug-likeness (QED) is 0.771. The molecule has 1 aliphatic heterocycles. The largest absolute Gasteiger partial charge is 0.301 e. The molecule has 3 heteroatoms. The van der Waals surface area contributed by atoms with Crippen molar-refractivity contribution in [2.75, 3.05) is 33.2 Å². The van der Waals surface area contributed by atoms with Gasteiger partial charge >= 0.3 is 0 Å². The van der Waals surface area contributed by atoms with Crippen molar-refractivity contribution in [3.05, 3.63) is 35.4 Å². The van der Waals surface area contributed by atoms with Gasteiger partial charge in [-0.25, -0.2) is 0 Å². The number of likely N-dealkylation sites (N-methyl/N-ethyl adjacent to an activating group) is 1. The van der Waals surface area contributed by atoms with Crippen LogP contribution in [0.2, 0.25) is 0 Å². The number of benzene rings is 1. The molecule has 0 amide bonds. The van der Waals surface area contributed by atoms with Crippen LogP contribution in [0.3, 0.4) is 0 Å². The molecule has 110 valence electrons. The molecular weight excluding hydrogens is 248 g/mol. The molecule has 0 bridgehead atoms. The third-order valence-corrected chi connectivity index (χ3v) is 4.23. The number of piperazine rings is 1. The maximum atomic E-state index is 12.3. The van der Waals surface area contributed by atoms with Gasteiger partial charge in [-0.05, 0) is 26.0 Å². The SMILES string of the molecule is CCCc1ccc(C(=O)CN2CCN(C)C(C)C2)cc1. The highest BCUT2D eigenvalue weighted by atomic mass is 16.1. The standard InChI is InChI=1S/C17H26N2O/c1-4-5-15-6-8-16(9-7-15)17(20)13-19-11-10-18(3)14(2)12-19/h6-9,14H,4-5,10-13H2,1-3H3. The zero-order valence-corrected chi connectivity index (χ0v) is 12.9. The van der Waals surface area contributed by atoms with Crippen LogP contribution in [0.15, 0.2) is 24.3 Å². The van der Waals surface area contributed by atoms with Crippen LogP contribution in [0.25, 0.3) is 0 Å². The van der Waals surface area contributed by atoms with Gasteiger partial charge in [0.2, 0.25) is 0 Å². The summed E-state index contributed by atoms with van der Waals surface area (Å²) in [7, 11) is 2.15. The Labute approximate surface area is 122 Å². The monoisotopic (exact) mass is 274 g/mol. The molecule has 1 aromatic rings. The molecule has 1 aliphatic rings. The van der Waals surface area contributed by atoms with Gasteiger partial charge in [-0.2, -0.15) is 0 Å². The maximum Gasteiger partial charge on any atom is 0.176 e. The number of carbonyl (C=O) groups excluding carboxylic acids is 1. The Morgan fingerprint density at radius 1 is 1.25 bits per heavy atom. The highest BCUT2D eigenvalue weighted by Crippen LogP contribution is 2.11. The molecule has 0 saturated carbocycles. The molecule has 1 fully saturated rings. The average molecular weight is 274 g/mol. The number of hydrogen-bond donors (Lipinski definition) is 0. The first-order valence-electron chi connectivity index (χ1n) is 7.65. The lowest BCUT2D eigenvalue weighted by Crippen LogP contribution is -2.51. The predicted molar refractivity (Wildman–Crippen MR) is 83.3 cm³/mol. The maximum absolute atomic E-state index is 12.3. The summed E-state index contributed by atoms with van der Waals surface area (Å²) in [6.45, 7) is 7.95. The van der Waals surface area contributed by atoms with E-state index in [1.54, 1.807) is 0 Å². The molecule has 1 atom stereocenters.